The van der Waals surface area contributed by atoms with Crippen molar-refractivity contribution in [3.8, 4) is 0 Å². The first kappa shape index (κ1) is 12.0. The maximum atomic E-state index is 10.9. The van der Waals surface area contributed by atoms with Crippen LogP contribution in [0.3, 0.4) is 0 Å². The Morgan fingerprint density at radius 2 is 2.33 bits per heavy atom. The van der Waals surface area contributed by atoms with E-state index >= 15 is 0 Å². The first-order chi connectivity index (χ1) is 7.15. The molecule has 4 nitrogen and oxygen atoms in total. The van der Waals surface area contributed by atoms with Crippen LogP contribution in [0.1, 0.15) is 10.4 Å². The third-order valence-electron chi connectivity index (χ3n) is 1.83. The second-order valence-corrected chi connectivity index (χ2v) is 3.83. The number of rotatable bonds is 5. The average molecular weight is 274 g/mol. The molecule has 0 unspecified atom stereocenters. The predicted molar refractivity (Wildman–Crippen MR) is 61.5 cm³/mol. The van der Waals surface area contributed by atoms with Crippen molar-refractivity contribution in [2.45, 2.75) is 0 Å². The zero-order valence-corrected chi connectivity index (χ0v) is 9.87. The Kier molecular flexibility index (Phi) is 4.58. The Hall–Kier alpha value is -1.07. The summed E-state index contributed by atoms with van der Waals surface area (Å²) in [4.78, 5) is 10.9. The number of ether oxygens (including phenoxy) is 1. The van der Waals surface area contributed by atoms with E-state index in [1.165, 1.54) is 0 Å². The number of anilines is 1. The molecule has 0 amide bonds. The van der Waals surface area contributed by atoms with Gasteiger partial charge in [0.05, 0.1) is 12.2 Å². The molecule has 0 saturated carbocycles. The van der Waals surface area contributed by atoms with Gasteiger partial charge in [0, 0.05) is 23.8 Å². The number of hydrogen-bond donors (Lipinski definition) is 2. The number of aromatic carboxylic acids is 1. The fourth-order valence-corrected chi connectivity index (χ4v) is 1.50. The molecule has 1 aromatic rings. The maximum absolute atomic E-state index is 10.9. The molecule has 0 bridgehead atoms. The number of carbonyl (C=O) groups is 1. The van der Waals surface area contributed by atoms with Crippen molar-refractivity contribution >= 4 is 27.6 Å². The summed E-state index contributed by atoms with van der Waals surface area (Å²) >= 11 is 3.23. The van der Waals surface area contributed by atoms with E-state index in [1.54, 1.807) is 25.3 Å². The predicted octanol–water partition coefficient (Wildman–Crippen LogP) is 2.21. The van der Waals surface area contributed by atoms with E-state index in [4.69, 9.17) is 9.84 Å². The summed E-state index contributed by atoms with van der Waals surface area (Å²) in [5, 5.41) is 12.0. The van der Waals surface area contributed by atoms with Crippen LogP contribution in [0.25, 0.3) is 0 Å². The first-order valence-corrected chi connectivity index (χ1v) is 5.20. The van der Waals surface area contributed by atoms with Crippen LogP contribution in [0, 0.1) is 0 Å². The lowest BCUT2D eigenvalue weighted by Gasteiger charge is -2.09. The van der Waals surface area contributed by atoms with Gasteiger partial charge >= 0.3 is 5.97 Å². The van der Waals surface area contributed by atoms with E-state index < -0.39 is 5.97 Å². The Balaban J connectivity index is 2.81. The highest BCUT2D eigenvalue weighted by molar-refractivity contribution is 9.10. The van der Waals surface area contributed by atoms with Gasteiger partial charge in [0.15, 0.2) is 0 Å². The summed E-state index contributed by atoms with van der Waals surface area (Å²) in [5.74, 6) is -0.948. The minimum Gasteiger partial charge on any atom is -0.478 e. The molecule has 0 heterocycles. The van der Waals surface area contributed by atoms with Gasteiger partial charge in [0.1, 0.15) is 0 Å². The third-order valence-corrected chi connectivity index (χ3v) is 2.33. The number of carboxylic acids is 1. The zero-order valence-electron chi connectivity index (χ0n) is 8.29. The standard InChI is InChI=1S/C10H12BrNO3/c1-15-5-4-12-9-3-2-7(11)6-8(9)10(13)14/h2-3,6,12H,4-5H2,1H3,(H,13,14). The molecule has 0 aliphatic heterocycles. The summed E-state index contributed by atoms with van der Waals surface area (Å²) in [7, 11) is 1.60. The zero-order chi connectivity index (χ0) is 11.3. The van der Waals surface area contributed by atoms with Crippen LogP contribution in [0.2, 0.25) is 0 Å². The minimum atomic E-state index is -0.948. The van der Waals surface area contributed by atoms with E-state index in [9.17, 15) is 4.79 Å². The van der Waals surface area contributed by atoms with Crippen molar-refractivity contribution < 1.29 is 14.6 Å². The van der Waals surface area contributed by atoms with Crippen molar-refractivity contribution in [1.29, 1.82) is 0 Å². The molecule has 1 aromatic carbocycles. The van der Waals surface area contributed by atoms with Gasteiger partial charge in [0.25, 0.3) is 0 Å². The highest BCUT2D eigenvalue weighted by atomic mass is 79.9. The Bertz CT molecular complexity index is 355. The molecule has 0 aliphatic carbocycles. The summed E-state index contributed by atoms with van der Waals surface area (Å²) in [6.07, 6.45) is 0. The lowest BCUT2D eigenvalue weighted by Crippen LogP contribution is -2.11. The summed E-state index contributed by atoms with van der Waals surface area (Å²) in [6, 6.07) is 5.09. The van der Waals surface area contributed by atoms with Gasteiger partial charge in [-0.2, -0.15) is 0 Å². The summed E-state index contributed by atoms with van der Waals surface area (Å²) in [5.41, 5.74) is 0.850. The quantitative estimate of drug-likeness (QED) is 0.808. The van der Waals surface area contributed by atoms with Crippen molar-refractivity contribution in [1.82, 2.24) is 0 Å². The number of hydrogen-bond acceptors (Lipinski definition) is 3. The molecule has 0 saturated heterocycles. The Morgan fingerprint density at radius 1 is 1.60 bits per heavy atom. The van der Waals surface area contributed by atoms with Crippen molar-refractivity contribution in [3.05, 3.63) is 28.2 Å². The average Bonchev–Trinajstić information content (AvgIpc) is 2.20. The molecule has 0 aliphatic rings. The fourth-order valence-electron chi connectivity index (χ4n) is 1.14. The van der Waals surface area contributed by atoms with Crippen molar-refractivity contribution in [2.75, 3.05) is 25.6 Å². The number of carboxylic acid groups (broad SMARTS) is 1. The Morgan fingerprint density at radius 3 is 2.93 bits per heavy atom. The van der Waals surface area contributed by atoms with Crippen LogP contribution in [0.15, 0.2) is 22.7 Å². The van der Waals surface area contributed by atoms with Gasteiger partial charge in [-0.15, -0.1) is 0 Å². The molecule has 15 heavy (non-hydrogen) atoms. The Labute approximate surface area is 96.4 Å². The van der Waals surface area contributed by atoms with Gasteiger partial charge < -0.3 is 15.2 Å². The van der Waals surface area contributed by atoms with Crippen LogP contribution in [0.5, 0.6) is 0 Å². The van der Waals surface area contributed by atoms with Crippen molar-refractivity contribution in [2.24, 2.45) is 0 Å². The summed E-state index contributed by atoms with van der Waals surface area (Å²) in [6.45, 7) is 1.12. The molecule has 82 valence electrons. The number of nitrogens with one attached hydrogen (secondary N) is 1. The molecule has 1 rings (SSSR count). The topological polar surface area (TPSA) is 58.6 Å². The highest BCUT2D eigenvalue weighted by Gasteiger charge is 2.09. The van der Waals surface area contributed by atoms with E-state index in [1.807, 2.05) is 0 Å². The largest absolute Gasteiger partial charge is 0.478 e. The molecular weight excluding hydrogens is 262 g/mol. The lowest BCUT2D eigenvalue weighted by atomic mass is 10.2. The molecule has 5 heteroatoms. The third kappa shape index (κ3) is 3.53. The van der Waals surface area contributed by atoms with E-state index in [0.717, 1.165) is 4.47 Å². The lowest BCUT2D eigenvalue weighted by molar-refractivity contribution is 0.0698. The van der Waals surface area contributed by atoms with Crippen molar-refractivity contribution in [3.63, 3.8) is 0 Å². The van der Waals surface area contributed by atoms with E-state index in [0.29, 0.717) is 18.8 Å². The molecular formula is C10H12BrNO3. The number of methoxy groups -OCH3 is 1. The van der Waals surface area contributed by atoms with E-state index in [2.05, 4.69) is 21.2 Å². The summed E-state index contributed by atoms with van der Waals surface area (Å²) < 4.78 is 5.62. The van der Waals surface area contributed by atoms with Gasteiger partial charge in [0.2, 0.25) is 0 Å². The monoisotopic (exact) mass is 273 g/mol. The minimum absolute atomic E-state index is 0.250. The fraction of sp³-hybridized carbons (Fsp3) is 0.300. The molecule has 0 fully saturated rings. The van der Waals surface area contributed by atoms with Crippen LogP contribution < -0.4 is 5.32 Å². The SMILES string of the molecule is COCCNc1ccc(Br)cc1C(=O)O. The smallest absolute Gasteiger partial charge is 0.337 e. The van der Waals surface area contributed by atoms with Gasteiger partial charge in [-0.05, 0) is 18.2 Å². The van der Waals surface area contributed by atoms with Gasteiger partial charge in [-0.1, -0.05) is 15.9 Å². The molecule has 0 aromatic heterocycles. The molecule has 0 radical (unpaired) electrons. The first-order valence-electron chi connectivity index (χ1n) is 4.41. The molecule has 0 spiro atoms. The highest BCUT2D eigenvalue weighted by Crippen LogP contribution is 2.20. The second kappa shape index (κ2) is 5.72. The normalized spacial score (nSPS) is 10.0. The van der Waals surface area contributed by atoms with Crippen LogP contribution in [-0.4, -0.2) is 31.3 Å². The van der Waals surface area contributed by atoms with Gasteiger partial charge in [-0.25, -0.2) is 4.79 Å². The van der Waals surface area contributed by atoms with Crippen LogP contribution in [-0.2, 0) is 4.74 Å². The molecule has 2 N–H and O–H groups in total. The van der Waals surface area contributed by atoms with Crippen LogP contribution in [0.4, 0.5) is 5.69 Å². The maximum Gasteiger partial charge on any atom is 0.337 e. The number of halogens is 1. The van der Waals surface area contributed by atoms with Crippen LogP contribution >= 0.6 is 15.9 Å². The number of benzene rings is 1. The molecule has 0 atom stereocenters. The second-order valence-electron chi connectivity index (χ2n) is 2.91. The van der Waals surface area contributed by atoms with Gasteiger partial charge in [-0.3, -0.25) is 0 Å². The van der Waals surface area contributed by atoms with E-state index in [-0.39, 0.29) is 5.56 Å².